The predicted molar refractivity (Wildman–Crippen MR) is 119 cm³/mol. The molecule has 0 aliphatic carbocycles. The van der Waals surface area contributed by atoms with Crippen molar-refractivity contribution < 1.29 is 14.3 Å². The van der Waals surface area contributed by atoms with E-state index in [9.17, 15) is 9.59 Å². The average Bonchev–Trinajstić information content (AvgIpc) is 2.73. The van der Waals surface area contributed by atoms with Gasteiger partial charge in [-0.1, -0.05) is 48.4 Å². The van der Waals surface area contributed by atoms with Crippen molar-refractivity contribution in [2.24, 2.45) is 5.41 Å². The van der Waals surface area contributed by atoms with E-state index in [1.807, 2.05) is 38.1 Å². The van der Waals surface area contributed by atoms with Crippen LogP contribution >= 0.6 is 11.6 Å². The third kappa shape index (κ3) is 5.25. The molecule has 2 N–H and O–H groups in total. The third-order valence-electron chi connectivity index (χ3n) is 5.68. The Kier molecular flexibility index (Phi) is 6.87. The molecule has 0 spiro atoms. The molecule has 7 heteroatoms. The highest BCUT2D eigenvalue weighted by Crippen LogP contribution is 2.32. The number of benzene rings is 2. The van der Waals surface area contributed by atoms with Crippen LogP contribution in [0.1, 0.15) is 30.9 Å². The molecule has 0 radical (unpaired) electrons. The van der Waals surface area contributed by atoms with Gasteiger partial charge in [-0.15, -0.1) is 0 Å². The van der Waals surface area contributed by atoms with Crippen molar-refractivity contribution in [1.82, 2.24) is 10.2 Å². The molecule has 3 rings (SSSR count). The fourth-order valence-corrected chi connectivity index (χ4v) is 3.68. The first kappa shape index (κ1) is 22.0. The Morgan fingerprint density at radius 2 is 1.80 bits per heavy atom. The number of amides is 3. The zero-order valence-electron chi connectivity index (χ0n) is 17.6. The average molecular weight is 430 g/mol. The van der Waals surface area contributed by atoms with E-state index in [0.717, 1.165) is 5.56 Å². The van der Waals surface area contributed by atoms with Gasteiger partial charge in [0.2, 0.25) is 5.91 Å². The van der Waals surface area contributed by atoms with E-state index in [0.29, 0.717) is 48.9 Å². The first-order chi connectivity index (χ1) is 14.3. The number of rotatable bonds is 5. The Labute approximate surface area is 182 Å². The van der Waals surface area contributed by atoms with Gasteiger partial charge in [0.25, 0.3) is 0 Å². The minimum atomic E-state index is -0.491. The van der Waals surface area contributed by atoms with Gasteiger partial charge < -0.3 is 20.3 Å². The zero-order valence-corrected chi connectivity index (χ0v) is 18.4. The Hall–Kier alpha value is -2.73. The van der Waals surface area contributed by atoms with Gasteiger partial charge in [-0.2, -0.15) is 0 Å². The Morgan fingerprint density at radius 1 is 1.13 bits per heavy atom. The molecule has 0 saturated carbocycles. The summed E-state index contributed by atoms with van der Waals surface area (Å²) in [5.41, 5.74) is 2.30. The Morgan fingerprint density at radius 3 is 2.43 bits per heavy atom. The van der Waals surface area contributed by atoms with Crippen LogP contribution in [0.4, 0.5) is 10.5 Å². The molecule has 1 heterocycles. The molecule has 1 aliphatic rings. The SMILES string of the molecule is COc1ccc(Cl)cc1NC(=O)N1CCC(C)(C(=O)NCc2ccc(C)cc2)CC1. The van der Waals surface area contributed by atoms with Gasteiger partial charge in [-0.3, -0.25) is 4.79 Å². The van der Waals surface area contributed by atoms with Crippen molar-refractivity contribution in [2.75, 3.05) is 25.5 Å². The van der Waals surface area contributed by atoms with Crippen LogP contribution in [0.5, 0.6) is 5.75 Å². The molecule has 30 heavy (non-hydrogen) atoms. The smallest absolute Gasteiger partial charge is 0.321 e. The maximum atomic E-state index is 12.8. The normalized spacial score (nSPS) is 15.4. The quantitative estimate of drug-likeness (QED) is 0.729. The molecule has 160 valence electrons. The number of nitrogens with zero attached hydrogens (tertiary/aromatic N) is 1. The second-order valence-corrected chi connectivity index (χ2v) is 8.43. The van der Waals surface area contributed by atoms with E-state index < -0.39 is 5.41 Å². The second-order valence-electron chi connectivity index (χ2n) is 7.99. The lowest BCUT2D eigenvalue weighted by molar-refractivity contribution is -0.132. The molecule has 0 unspecified atom stereocenters. The Balaban J connectivity index is 1.54. The summed E-state index contributed by atoms with van der Waals surface area (Å²) < 4.78 is 5.28. The minimum absolute atomic E-state index is 0.0274. The monoisotopic (exact) mass is 429 g/mol. The number of hydrogen-bond donors (Lipinski definition) is 2. The first-order valence-electron chi connectivity index (χ1n) is 10.0. The first-order valence-corrected chi connectivity index (χ1v) is 10.4. The number of nitrogens with one attached hydrogen (secondary N) is 2. The van der Waals surface area contributed by atoms with E-state index in [1.165, 1.54) is 5.56 Å². The van der Waals surface area contributed by atoms with Gasteiger partial charge in [0.1, 0.15) is 5.75 Å². The van der Waals surface area contributed by atoms with Crippen molar-refractivity contribution in [2.45, 2.75) is 33.2 Å². The highest BCUT2D eigenvalue weighted by atomic mass is 35.5. The molecule has 2 aromatic rings. The molecule has 6 nitrogen and oxygen atoms in total. The van der Waals surface area contributed by atoms with Gasteiger partial charge in [0, 0.05) is 30.1 Å². The number of ether oxygens (including phenoxy) is 1. The number of piperidine rings is 1. The lowest BCUT2D eigenvalue weighted by Gasteiger charge is -2.38. The van der Waals surface area contributed by atoms with Crippen LogP contribution in [-0.2, 0) is 11.3 Å². The summed E-state index contributed by atoms with van der Waals surface area (Å²) in [5, 5.41) is 6.42. The number of urea groups is 1. The summed E-state index contributed by atoms with van der Waals surface area (Å²) in [6.45, 7) is 5.52. The molecule has 0 bridgehead atoms. The standard InChI is InChI=1S/C23H28ClN3O3/c1-16-4-6-17(7-5-16)15-25-21(28)23(2)10-12-27(13-11-23)22(29)26-19-14-18(24)8-9-20(19)30-3/h4-9,14H,10-13,15H2,1-3H3,(H,25,28)(H,26,29). The van der Waals surface area contributed by atoms with Gasteiger partial charge in [0.15, 0.2) is 0 Å². The van der Waals surface area contributed by atoms with Crippen molar-refractivity contribution in [3.05, 3.63) is 58.6 Å². The summed E-state index contributed by atoms with van der Waals surface area (Å²) in [5.74, 6) is 0.574. The second kappa shape index (κ2) is 9.39. The molecule has 3 amide bonds. The topological polar surface area (TPSA) is 70.7 Å². The molecule has 0 atom stereocenters. The summed E-state index contributed by atoms with van der Waals surface area (Å²) in [7, 11) is 1.54. The summed E-state index contributed by atoms with van der Waals surface area (Å²) >= 11 is 6.03. The summed E-state index contributed by atoms with van der Waals surface area (Å²) in [4.78, 5) is 27.2. The predicted octanol–water partition coefficient (Wildman–Crippen LogP) is 4.61. The van der Waals surface area contributed by atoms with Crippen LogP contribution in [0, 0.1) is 12.3 Å². The molecular formula is C23H28ClN3O3. The number of carbonyl (C=O) groups excluding carboxylic acids is 2. The van der Waals surface area contributed by atoms with Crippen molar-refractivity contribution in [3.8, 4) is 5.75 Å². The molecule has 0 aromatic heterocycles. The highest BCUT2D eigenvalue weighted by Gasteiger charge is 2.38. The van der Waals surface area contributed by atoms with E-state index in [1.54, 1.807) is 30.2 Å². The molecule has 1 aliphatic heterocycles. The maximum Gasteiger partial charge on any atom is 0.321 e. The van der Waals surface area contributed by atoms with Crippen LogP contribution in [-0.4, -0.2) is 37.0 Å². The van der Waals surface area contributed by atoms with Crippen molar-refractivity contribution in [1.29, 1.82) is 0 Å². The largest absolute Gasteiger partial charge is 0.495 e. The number of likely N-dealkylation sites (tertiary alicyclic amines) is 1. The van der Waals surface area contributed by atoms with E-state index in [4.69, 9.17) is 16.3 Å². The number of hydrogen-bond acceptors (Lipinski definition) is 3. The molecule has 2 aromatic carbocycles. The number of carbonyl (C=O) groups is 2. The van der Waals surface area contributed by atoms with E-state index >= 15 is 0 Å². The van der Waals surface area contributed by atoms with Crippen LogP contribution in [0.2, 0.25) is 5.02 Å². The van der Waals surface area contributed by atoms with Gasteiger partial charge in [-0.05, 0) is 43.5 Å². The number of anilines is 1. The molecule has 1 saturated heterocycles. The third-order valence-corrected chi connectivity index (χ3v) is 5.91. The lowest BCUT2D eigenvalue weighted by atomic mass is 9.79. The molecular weight excluding hydrogens is 402 g/mol. The number of aryl methyl sites for hydroxylation is 1. The maximum absolute atomic E-state index is 12.8. The highest BCUT2D eigenvalue weighted by molar-refractivity contribution is 6.31. The van der Waals surface area contributed by atoms with E-state index in [-0.39, 0.29) is 11.9 Å². The number of methoxy groups -OCH3 is 1. The van der Waals surface area contributed by atoms with Crippen LogP contribution in [0.25, 0.3) is 0 Å². The van der Waals surface area contributed by atoms with Crippen molar-refractivity contribution in [3.63, 3.8) is 0 Å². The fourth-order valence-electron chi connectivity index (χ4n) is 3.50. The molecule has 1 fully saturated rings. The minimum Gasteiger partial charge on any atom is -0.495 e. The lowest BCUT2D eigenvalue weighted by Crippen LogP contribution is -2.49. The fraction of sp³-hybridized carbons (Fsp3) is 0.391. The summed E-state index contributed by atoms with van der Waals surface area (Å²) in [6, 6.07) is 13.0. The number of halogens is 1. The Bertz CT molecular complexity index is 906. The van der Waals surface area contributed by atoms with Gasteiger partial charge in [-0.25, -0.2) is 4.79 Å². The van der Waals surface area contributed by atoms with Crippen LogP contribution in [0.15, 0.2) is 42.5 Å². The van der Waals surface area contributed by atoms with Gasteiger partial charge >= 0.3 is 6.03 Å². The zero-order chi connectivity index (χ0) is 21.7. The van der Waals surface area contributed by atoms with Crippen molar-refractivity contribution >= 4 is 29.2 Å². The summed E-state index contributed by atoms with van der Waals surface area (Å²) in [6.07, 6.45) is 1.21. The van der Waals surface area contributed by atoms with E-state index in [2.05, 4.69) is 10.6 Å². The van der Waals surface area contributed by atoms with Crippen LogP contribution < -0.4 is 15.4 Å². The van der Waals surface area contributed by atoms with Crippen LogP contribution in [0.3, 0.4) is 0 Å². The van der Waals surface area contributed by atoms with Gasteiger partial charge in [0.05, 0.1) is 12.8 Å².